The van der Waals surface area contributed by atoms with Gasteiger partial charge in [-0.1, -0.05) is 18.2 Å². The SMILES string of the molecule is CCOCCn1cc(C(=O)c2cc3sccc3n2C)c2ccccc21. The Balaban J connectivity index is 1.78. The molecule has 4 nitrogen and oxygen atoms in total. The number of aromatic nitrogens is 2. The first-order valence-electron chi connectivity index (χ1n) is 8.44. The Labute approximate surface area is 150 Å². The second-order valence-corrected chi connectivity index (χ2v) is 6.99. The minimum Gasteiger partial charge on any atom is -0.380 e. The molecule has 0 radical (unpaired) electrons. The summed E-state index contributed by atoms with van der Waals surface area (Å²) in [7, 11) is 1.95. The summed E-state index contributed by atoms with van der Waals surface area (Å²) in [5, 5.41) is 3.05. The molecule has 128 valence electrons. The number of ketones is 1. The summed E-state index contributed by atoms with van der Waals surface area (Å²) in [4.78, 5) is 13.2. The summed E-state index contributed by atoms with van der Waals surface area (Å²) in [6.07, 6.45) is 1.97. The molecule has 0 N–H and O–H groups in total. The van der Waals surface area contributed by atoms with Gasteiger partial charge in [-0.2, -0.15) is 0 Å². The molecule has 0 saturated carbocycles. The van der Waals surface area contributed by atoms with Crippen molar-refractivity contribution in [2.75, 3.05) is 13.2 Å². The van der Waals surface area contributed by atoms with Gasteiger partial charge in [-0.05, 0) is 30.5 Å². The van der Waals surface area contributed by atoms with Crippen molar-refractivity contribution in [3.63, 3.8) is 0 Å². The molecule has 1 aromatic carbocycles. The zero-order chi connectivity index (χ0) is 17.4. The van der Waals surface area contributed by atoms with Crippen molar-refractivity contribution < 1.29 is 9.53 Å². The van der Waals surface area contributed by atoms with Crippen molar-refractivity contribution >= 4 is 38.2 Å². The van der Waals surface area contributed by atoms with Crippen molar-refractivity contribution in [1.82, 2.24) is 9.13 Å². The van der Waals surface area contributed by atoms with Gasteiger partial charge in [0.25, 0.3) is 0 Å². The van der Waals surface area contributed by atoms with E-state index in [0.717, 1.165) is 38.9 Å². The predicted molar refractivity (Wildman–Crippen MR) is 103 cm³/mol. The Kier molecular flexibility index (Phi) is 4.19. The van der Waals surface area contributed by atoms with Crippen molar-refractivity contribution in [2.24, 2.45) is 7.05 Å². The van der Waals surface area contributed by atoms with Crippen molar-refractivity contribution in [3.05, 3.63) is 59.2 Å². The molecule has 0 aliphatic rings. The molecular formula is C20H20N2O2S. The third kappa shape index (κ3) is 2.69. The summed E-state index contributed by atoms with van der Waals surface area (Å²) in [5.41, 5.74) is 3.66. The van der Waals surface area contributed by atoms with E-state index in [2.05, 4.69) is 22.1 Å². The molecule has 25 heavy (non-hydrogen) atoms. The number of ether oxygens (including phenoxy) is 1. The van der Waals surface area contributed by atoms with E-state index in [1.54, 1.807) is 11.3 Å². The lowest BCUT2D eigenvalue weighted by molar-refractivity contribution is 0.103. The van der Waals surface area contributed by atoms with Gasteiger partial charge in [0, 0.05) is 42.9 Å². The van der Waals surface area contributed by atoms with Crippen molar-refractivity contribution in [2.45, 2.75) is 13.5 Å². The highest BCUT2D eigenvalue weighted by molar-refractivity contribution is 7.17. The molecular weight excluding hydrogens is 332 g/mol. The van der Waals surface area contributed by atoms with E-state index in [-0.39, 0.29) is 5.78 Å². The minimum absolute atomic E-state index is 0.0669. The van der Waals surface area contributed by atoms with Gasteiger partial charge < -0.3 is 13.9 Å². The van der Waals surface area contributed by atoms with Crippen LogP contribution >= 0.6 is 11.3 Å². The smallest absolute Gasteiger partial charge is 0.211 e. The monoisotopic (exact) mass is 352 g/mol. The second kappa shape index (κ2) is 6.50. The van der Waals surface area contributed by atoms with Gasteiger partial charge in [0.1, 0.15) is 0 Å². The molecule has 0 aliphatic carbocycles. The van der Waals surface area contributed by atoms with Gasteiger partial charge in [0.05, 0.1) is 22.5 Å². The highest BCUT2D eigenvalue weighted by Gasteiger charge is 2.20. The van der Waals surface area contributed by atoms with E-state index in [1.807, 2.05) is 49.0 Å². The average Bonchev–Trinajstić information content (AvgIpc) is 3.30. The summed E-state index contributed by atoms with van der Waals surface area (Å²) in [6.45, 7) is 4.07. The fourth-order valence-electron chi connectivity index (χ4n) is 3.33. The van der Waals surface area contributed by atoms with Crippen LogP contribution in [0.15, 0.2) is 48.0 Å². The van der Waals surface area contributed by atoms with Crippen molar-refractivity contribution in [3.8, 4) is 0 Å². The number of aryl methyl sites for hydroxylation is 1. The zero-order valence-electron chi connectivity index (χ0n) is 14.4. The Bertz CT molecular complexity index is 1050. The molecule has 4 rings (SSSR count). The number of para-hydroxylation sites is 1. The maximum absolute atomic E-state index is 13.2. The molecule has 0 fully saturated rings. The highest BCUT2D eigenvalue weighted by atomic mass is 32.1. The van der Waals surface area contributed by atoms with Crippen LogP contribution in [0.3, 0.4) is 0 Å². The quantitative estimate of drug-likeness (QED) is 0.379. The predicted octanol–water partition coefficient (Wildman–Crippen LogP) is 4.46. The number of nitrogens with zero attached hydrogens (tertiary/aromatic N) is 2. The molecule has 5 heteroatoms. The Morgan fingerprint density at radius 3 is 2.84 bits per heavy atom. The third-order valence-corrected chi connectivity index (χ3v) is 5.46. The largest absolute Gasteiger partial charge is 0.380 e. The number of carbonyl (C=O) groups is 1. The molecule has 0 spiro atoms. The summed E-state index contributed by atoms with van der Waals surface area (Å²) in [5.74, 6) is 0.0669. The Hall–Kier alpha value is -2.37. The fraction of sp³-hybridized carbons (Fsp3) is 0.250. The maximum atomic E-state index is 13.2. The van der Waals surface area contributed by atoms with Gasteiger partial charge in [0.15, 0.2) is 0 Å². The summed E-state index contributed by atoms with van der Waals surface area (Å²) < 4.78 is 10.7. The first kappa shape index (κ1) is 16.1. The molecule has 0 atom stereocenters. The van der Waals surface area contributed by atoms with Crippen LogP contribution < -0.4 is 0 Å². The lowest BCUT2D eigenvalue weighted by atomic mass is 10.1. The molecule has 0 saturated heterocycles. The molecule has 3 aromatic heterocycles. The lowest BCUT2D eigenvalue weighted by Crippen LogP contribution is -2.07. The number of thiophene rings is 1. The summed E-state index contributed by atoms with van der Waals surface area (Å²) in [6, 6.07) is 12.1. The Morgan fingerprint density at radius 1 is 1.20 bits per heavy atom. The van der Waals surface area contributed by atoms with Gasteiger partial charge in [-0.15, -0.1) is 11.3 Å². The van der Waals surface area contributed by atoms with E-state index < -0.39 is 0 Å². The molecule has 0 unspecified atom stereocenters. The number of rotatable bonds is 6. The molecule has 0 bridgehead atoms. The first-order valence-corrected chi connectivity index (χ1v) is 9.32. The topological polar surface area (TPSA) is 36.2 Å². The number of fused-ring (bicyclic) bond motifs is 2. The van der Waals surface area contributed by atoms with Crippen LogP contribution in [0.4, 0.5) is 0 Å². The van der Waals surface area contributed by atoms with Crippen LogP contribution in [0.5, 0.6) is 0 Å². The van der Waals surface area contributed by atoms with Gasteiger partial charge in [-0.25, -0.2) is 0 Å². The molecule has 0 amide bonds. The normalized spacial score (nSPS) is 11.6. The lowest BCUT2D eigenvalue weighted by Gasteiger charge is -2.04. The zero-order valence-corrected chi connectivity index (χ0v) is 15.2. The third-order valence-electron chi connectivity index (χ3n) is 4.61. The molecule has 3 heterocycles. The average molecular weight is 352 g/mol. The number of hydrogen-bond acceptors (Lipinski definition) is 3. The number of hydrogen-bond donors (Lipinski definition) is 0. The summed E-state index contributed by atoms with van der Waals surface area (Å²) >= 11 is 1.66. The van der Waals surface area contributed by atoms with Crippen LogP contribution in [0.1, 0.15) is 23.0 Å². The van der Waals surface area contributed by atoms with Crippen LogP contribution in [-0.2, 0) is 18.3 Å². The van der Waals surface area contributed by atoms with Crippen LogP contribution in [0.2, 0.25) is 0 Å². The first-order chi connectivity index (χ1) is 12.2. The van der Waals surface area contributed by atoms with E-state index >= 15 is 0 Å². The number of benzene rings is 1. The van der Waals surface area contributed by atoms with Gasteiger partial charge in [-0.3, -0.25) is 4.79 Å². The standard InChI is InChI=1S/C20H20N2O2S/c1-3-24-10-9-22-13-15(14-6-4-5-7-16(14)22)20(23)18-12-19-17(21(18)2)8-11-25-19/h4-8,11-13H,3,9-10H2,1-2H3. The van der Waals surface area contributed by atoms with E-state index in [0.29, 0.717) is 13.2 Å². The van der Waals surface area contributed by atoms with E-state index in [1.165, 1.54) is 0 Å². The Morgan fingerprint density at radius 2 is 2.04 bits per heavy atom. The second-order valence-electron chi connectivity index (χ2n) is 6.04. The maximum Gasteiger partial charge on any atom is 0.211 e. The number of carbonyl (C=O) groups excluding carboxylic acids is 1. The van der Waals surface area contributed by atoms with Crippen molar-refractivity contribution in [1.29, 1.82) is 0 Å². The van der Waals surface area contributed by atoms with E-state index in [4.69, 9.17) is 4.74 Å². The van der Waals surface area contributed by atoms with Crippen LogP contribution in [0, 0.1) is 0 Å². The molecule has 0 aliphatic heterocycles. The molecule has 4 aromatic rings. The van der Waals surface area contributed by atoms with Crippen LogP contribution in [0.25, 0.3) is 21.1 Å². The van der Waals surface area contributed by atoms with Crippen LogP contribution in [-0.4, -0.2) is 28.1 Å². The van der Waals surface area contributed by atoms with Gasteiger partial charge in [0.2, 0.25) is 5.78 Å². The minimum atomic E-state index is 0.0669. The van der Waals surface area contributed by atoms with E-state index in [9.17, 15) is 4.79 Å². The highest BCUT2D eigenvalue weighted by Crippen LogP contribution is 2.28. The van der Waals surface area contributed by atoms with Gasteiger partial charge >= 0.3 is 0 Å². The fourth-order valence-corrected chi connectivity index (χ4v) is 4.17.